The fourth-order valence-electron chi connectivity index (χ4n) is 2.75. The van der Waals surface area contributed by atoms with E-state index in [9.17, 15) is 4.79 Å². The molecule has 2 aromatic rings. The fraction of sp³-hybridized carbons (Fsp3) is 0.409. The van der Waals surface area contributed by atoms with Crippen LogP contribution >= 0.6 is 0 Å². The van der Waals surface area contributed by atoms with Crippen LogP contribution in [-0.2, 0) is 13.1 Å². The average molecular weight is 370 g/mol. The zero-order valence-electron chi connectivity index (χ0n) is 16.6. The molecule has 0 aliphatic rings. The van der Waals surface area contributed by atoms with E-state index < -0.39 is 0 Å². The monoisotopic (exact) mass is 369 g/mol. The van der Waals surface area contributed by atoms with Gasteiger partial charge in [0.1, 0.15) is 12.4 Å². The van der Waals surface area contributed by atoms with E-state index in [4.69, 9.17) is 4.74 Å². The Morgan fingerprint density at radius 3 is 2.37 bits per heavy atom. The molecule has 0 heterocycles. The Morgan fingerprint density at radius 2 is 1.70 bits per heavy atom. The van der Waals surface area contributed by atoms with Gasteiger partial charge in [-0.05, 0) is 48.8 Å². The first-order chi connectivity index (χ1) is 13.1. The van der Waals surface area contributed by atoms with Crippen molar-refractivity contribution in [2.45, 2.75) is 33.9 Å². The van der Waals surface area contributed by atoms with Gasteiger partial charge in [-0.25, -0.2) is 4.79 Å². The van der Waals surface area contributed by atoms with Crippen LogP contribution in [0.15, 0.2) is 48.5 Å². The summed E-state index contributed by atoms with van der Waals surface area (Å²) in [5.74, 6) is 0.821. The van der Waals surface area contributed by atoms with Crippen LogP contribution in [0.3, 0.4) is 0 Å². The lowest BCUT2D eigenvalue weighted by Crippen LogP contribution is -2.37. The molecule has 0 saturated carbocycles. The molecule has 0 atom stereocenters. The summed E-state index contributed by atoms with van der Waals surface area (Å²) in [4.78, 5) is 14.3. The van der Waals surface area contributed by atoms with Crippen LogP contribution in [0, 0.1) is 6.92 Å². The number of carbonyl (C=O) groups is 1. The highest BCUT2D eigenvalue weighted by Gasteiger charge is 2.03. The Balaban J connectivity index is 1.64. The minimum atomic E-state index is -0.185. The van der Waals surface area contributed by atoms with Gasteiger partial charge in [0.15, 0.2) is 0 Å². The Labute approximate surface area is 162 Å². The maximum absolute atomic E-state index is 11.9. The molecule has 5 heteroatoms. The van der Waals surface area contributed by atoms with Gasteiger partial charge in [0.2, 0.25) is 0 Å². The van der Waals surface area contributed by atoms with Gasteiger partial charge in [0.05, 0.1) is 6.54 Å². The molecule has 0 fully saturated rings. The van der Waals surface area contributed by atoms with Crippen LogP contribution in [0.5, 0.6) is 5.75 Å². The number of hydrogen-bond donors (Lipinski definition) is 2. The first kappa shape index (κ1) is 20.8. The Hall–Kier alpha value is -2.53. The number of amides is 2. The van der Waals surface area contributed by atoms with Gasteiger partial charge >= 0.3 is 6.03 Å². The molecular formula is C22H31N3O2. The zero-order chi connectivity index (χ0) is 19.5. The highest BCUT2D eigenvalue weighted by molar-refractivity contribution is 5.73. The summed E-state index contributed by atoms with van der Waals surface area (Å²) in [5.41, 5.74) is 3.53. The second kappa shape index (κ2) is 11.2. The van der Waals surface area contributed by atoms with Crippen molar-refractivity contribution in [1.29, 1.82) is 0 Å². The first-order valence-electron chi connectivity index (χ1n) is 9.62. The molecule has 2 aromatic carbocycles. The fourth-order valence-corrected chi connectivity index (χ4v) is 2.75. The number of urea groups is 1. The van der Waals surface area contributed by atoms with Crippen molar-refractivity contribution in [2.24, 2.45) is 0 Å². The number of aryl methyl sites for hydroxylation is 1. The molecule has 0 saturated heterocycles. The van der Waals surface area contributed by atoms with Crippen molar-refractivity contribution >= 4 is 6.03 Å². The number of ether oxygens (including phenoxy) is 1. The topological polar surface area (TPSA) is 53.6 Å². The molecule has 0 aliphatic carbocycles. The minimum Gasteiger partial charge on any atom is -0.492 e. The molecular weight excluding hydrogens is 338 g/mol. The number of nitrogens with zero attached hydrogens (tertiary/aromatic N) is 1. The summed E-state index contributed by atoms with van der Waals surface area (Å²) < 4.78 is 5.62. The number of nitrogens with one attached hydrogen (secondary N) is 2. The minimum absolute atomic E-state index is 0.185. The van der Waals surface area contributed by atoms with Crippen LogP contribution in [0.4, 0.5) is 4.79 Å². The van der Waals surface area contributed by atoms with Gasteiger partial charge in [0, 0.05) is 13.1 Å². The Kier molecular flexibility index (Phi) is 8.65. The summed E-state index contributed by atoms with van der Waals surface area (Å²) in [6.45, 7) is 10.8. The third-order valence-electron chi connectivity index (χ3n) is 4.42. The summed E-state index contributed by atoms with van der Waals surface area (Å²) in [6.07, 6.45) is 0. The molecule has 2 N–H and O–H groups in total. The predicted molar refractivity (Wildman–Crippen MR) is 110 cm³/mol. The summed E-state index contributed by atoms with van der Waals surface area (Å²) in [5, 5.41) is 5.68. The molecule has 0 unspecified atom stereocenters. The lowest BCUT2D eigenvalue weighted by atomic mass is 10.1. The van der Waals surface area contributed by atoms with E-state index in [1.54, 1.807) is 0 Å². The van der Waals surface area contributed by atoms with Gasteiger partial charge in [-0.15, -0.1) is 0 Å². The summed E-state index contributed by atoms with van der Waals surface area (Å²) >= 11 is 0. The molecule has 27 heavy (non-hydrogen) atoms. The summed E-state index contributed by atoms with van der Waals surface area (Å²) in [6, 6.07) is 16.1. The SMILES string of the molecule is CCN(CC)Cc1ccc(CNC(=O)NCCOc2cccc(C)c2)cc1. The second-order valence-electron chi connectivity index (χ2n) is 6.55. The first-order valence-corrected chi connectivity index (χ1v) is 9.62. The zero-order valence-corrected chi connectivity index (χ0v) is 16.6. The molecule has 0 bridgehead atoms. The number of hydrogen-bond acceptors (Lipinski definition) is 3. The van der Waals surface area contributed by atoms with Gasteiger partial charge < -0.3 is 15.4 Å². The van der Waals surface area contributed by atoms with E-state index in [1.165, 1.54) is 5.56 Å². The second-order valence-corrected chi connectivity index (χ2v) is 6.55. The lowest BCUT2D eigenvalue weighted by Gasteiger charge is -2.18. The van der Waals surface area contributed by atoms with E-state index in [-0.39, 0.29) is 6.03 Å². The van der Waals surface area contributed by atoms with Crippen LogP contribution in [-0.4, -0.2) is 37.2 Å². The van der Waals surface area contributed by atoms with E-state index in [0.717, 1.165) is 36.5 Å². The van der Waals surface area contributed by atoms with Gasteiger partial charge in [-0.2, -0.15) is 0 Å². The van der Waals surface area contributed by atoms with Gasteiger partial charge in [-0.1, -0.05) is 50.2 Å². The van der Waals surface area contributed by atoms with Gasteiger partial charge in [-0.3, -0.25) is 4.90 Å². The van der Waals surface area contributed by atoms with E-state index in [0.29, 0.717) is 19.7 Å². The largest absolute Gasteiger partial charge is 0.492 e. The van der Waals surface area contributed by atoms with Crippen molar-refractivity contribution < 1.29 is 9.53 Å². The number of rotatable bonds is 10. The highest BCUT2D eigenvalue weighted by Crippen LogP contribution is 2.11. The van der Waals surface area contributed by atoms with E-state index >= 15 is 0 Å². The third-order valence-corrected chi connectivity index (χ3v) is 4.42. The van der Waals surface area contributed by atoms with Crippen LogP contribution in [0.1, 0.15) is 30.5 Å². The molecule has 0 radical (unpaired) electrons. The molecule has 0 spiro atoms. The molecule has 146 valence electrons. The maximum Gasteiger partial charge on any atom is 0.315 e. The molecule has 0 aromatic heterocycles. The average Bonchev–Trinajstić information content (AvgIpc) is 2.69. The standard InChI is InChI=1S/C22H31N3O2/c1-4-25(5-2)17-20-11-9-19(10-12-20)16-24-22(26)23-13-14-27-21-8-6-7-18(3)15-21/h6-12,15H,4-5,13-14,16-17H2,1-3H3,(H2,23,24,26). The number of benzene rings is 2. The van der Waals surface area contributed by atoms with Crippen molar-refractivity contribution in [2.75, 3.05) is 26.2 Å². The van der Waals surface area contributed by atoms with Gasteiger partial charge in [0.25, 0.3) is 0 Å². The van der Waals surface area contributed by atoms with E-state index in [2.05, 4.69) is 53.6 Å². The molecule has 0 aliphatic heterocycles. The van der Waals surface area contributed by atoms with Crippen LogP contribution in [0.25, 0.3) is 0 Å². The van der Waals surface area contributed by atoms with Crippen molar-refractivity contribution in [3.63, 3.8) is 0 Å². The Morgan fingerprint density at radius 1 is 1.00 bits per heavy atom. The predicted octanol–water partition coefficient (Wildman–Crippen LogP) is 3.72. The highest BCUT2D eigenvalue weighted by atomic mass is 16.5. The summed E-state index contributed by atoms with van der Waals surface area (Å²) in [7, 11) is 0. The molecule has 2 amide bonds. The lowest BCUT2D eigenvalue weighted by molar-refractivity contribution is 0.236. The molecule has 2 rings (SSSR count). The smallest absolute Gasteiger partial charge is 0.315 e. The van der Waals surface area contributed by atoms with E-state index in [1.807, 2.05) is 31.2 Å². The maximum atomic E-state index is 11.9. The van der Waals surface area contributed by atoms with Crippen molar-refractivity contribution in [3.05, 3.63) is 65.2 Å². The van der Waals surface area contributed by atoms with Crippen LogP contribution < -0.4 is 15.4 Å². The van der Waals surface area contributed by atoms with Crippen molar-refractivity contribution in [1.82, 2.24) is 15.5 Å². The van der Waals surface area contributed by atoms with Crippen LogP contribution in [0.2, 0.25) is 0 Å². The van der Waals surface area contributed by atoms with Crippen molar-refractivity contribution in [3.8, 4) is 5.75 Å². The normalized spacial score (nSPS) is 10.7. The molecule has 5 nitrogen and oxygen atoms in total. The quantitative estimate of drug-likeness (QED) is 0.628. The third kappa shape index (κ3) is 7.71. The Bertz CT molecular complexity index is 697. The number of carbonyl (C=O) groups excluding carboxylic acids is 1.